The van der Waals surface area contributed by atoms with Crippen molar-refractivity contribution in [2.45, 2.75) is 25.2 Å². The number of benzene rings is 8. The molecule has 8 aromatic carbocycles. The first-order valence-electron chi connectivity index (χ1n) is 17.7. The SMILES string of the molecule is CC1(C)c2ccccc2-c2c3c(c4ccccc4c21)C(c1ccc(-c2cc(-c4ccccc4)cc(-c4ccccc4)c2)cc1)c1ccccc1-3. The molecule has 0 heterocycles. The summed E-state index contributed by atoms with van der Waals surface area (Å²) in [7, 11) is 0. The number of hydrogen-bond donors (Lipinski definition) is 0. The standard InChI is InChI=1S/C50H36/c1-50(2)44-24-14-13-23-43(44)48-47-40-20-10-9-19-39(40)45(46(47)41-21-11-12-22-42(41)49(48)50)35-27-25-34(26-28-35)38-30-36(32-15-5-3-6-16-32)29-37(31-38)33-17-7-4-8-18-33/h3-31,45H,1-2H3. The van der Waals surface area contributed by atoms with E-state index in [9.17, 15) is 0 Å². The van der Waals surface area contributed by atoms with E-state index in [-0.39, 0.29) is 11.3 Å². The molecular formula is C50H36. The highest BCUT2D eigenvalue weighted by atomic mass is 14.5. The highest BCUT2D eigenvalue weighted by molar-refractivity contribution is 6.10. The molecule has 0 fully saturated rings. The Labute approximate surface area is 294 Å². The third-order valence-corrected chi connectivity index (χ3v) is 11.3. The molecular weight excluding hydrogens is 601 g/mol. The molecule has 0 N–H and O–H groups in total. The summed E-state index contributed by atoms with van der Waals surface area (Å²) in [6.07, 6.45) is 0. The van der Waals surface area contributed by atoms with Crippen molar-refractivity contribution in [3.63, 3.8) is 0 Å². The first kappa shape index (κ1) is 29.0. The summed E-state index contributed by atoms with van der Waals surface area (Å²) in [6, 6.07) is 65.3. The molecule has 1 unspecified atom stereocenters. The van der Waals surface area contributed by atoms with E-state index in [1.165, 1.54) is 94.2 Å². The molecule has 8 aromatic rings. The molecule has 0 nitrogen and oxygen atoms in total. The van der Waals surface area contributed by atoms with E-state index in [4.69, 9.17) is 0 Å². The predicted molar refractivity (Wildman–Crippen MR) is 211 cm³/mol. The van der Waals surface area contributed by atoms with Crippen molar-refractivity contribution in [1.29, 1.82) is 0 Å². The van der Waals surface area contributed by atoms with Crippen LogP contribution in [0.3, 0.4) is 0 Å². The average molecular weight is 637 g/mol. The molecule has 0 amide bonds. The first-order chi connectivity index (χ1) is 24.6. The smallest absolute Gasteiger partial charge is 0.0358 e. The molecule has 0 aliphatic heterocycles. The van der Waals surface area contributed by atoms with Crippen LogP contribution in [0.4, 0.5) is 0 Å². The number of rotatable bonds is 4. The van der Waals surface area contributed by atoms with E-state index >= 15 is 0 Å². The number of fused-ring (bicyclic) bond motifs is 10. The third-order valence-electron chi connectivity index (χ3n) is 11.3. The van der Waals surface area contributed by atoms with Crippen molar-refractivity contribution in [3.8, 4) is 55.6 Å². The lowest BCUT2D eigenvalue weighted by molar-refractivity contribution is 0.666. The second kappa shape index (κ2) is 11.0. The van der Waals surface area contributed by atoms with Crippen LogP contribution in [0.15, 0.2) is 176 Å². The fourth-order valence-corrected chi connectivity index (χ4v) is 9.08. The Morgan fingerprint density at radius 2 is 0.900 bits per heavy atom. The van der Waals surface area contributed by atoms with Crippen LogP contribution in [0, 0.1) is 0 Å². The van der Waals surface area contributed by atoms with Gasteiger partial charge in [0.05, 0.1) is 0 Å². The van der Waals surface area contributed by atoms with Crippen LogP contribution >= 0.6 is 0 Å². The maximum atomic E-state index is 2.41. The summed E-state index contributed by atoms with van der Waals surface area (Å²) in [5.74, 6) is 0.150. The van der Waals surface area contributed by atoms with Crippen LogP contribution in [0.25, 0.3) is 66.4 Å². The second-order valence-corrected chi connectivity index (χ2v) is 14.4. The van der Waals surface area contributed by atoms with E-state index < -0.39 is 0 Å². The van der Waals surface area contributed by atoms with E-state index in [1.54, 1.807) is 0 Å². The zero-order valence-corrected chi connectivity index (χ0v) is 28.3. The van der Waals surface area contributed by atoms with Gasteiger partial charge in [0.1, 0.15) is 0 Å². The van der Waals surface area contributed by atoms with Crippen LogP contribution in [-0.2, 0) is 5.41 Å². The van der Waals surface area contributed by atoms with Crippen molar-refractivity contribution in [2.24, 2.45) is 0 Å². The van der Waals surface area contributed by atoms with Crippen molar-refractivity contribution in [1.82, 2.24) is 0 Å². The van der Waals surface area contributed by atoms with Gasteiger partial charge in [0, 0.05) is 11.3 Å². The molecule has 2 aliphatic rings. The Hall–Kier alpha value is -5.98. The van der Waals surface area contributed by atoms with E-state index in [2.05, 4.69) is 190 Å². The molecule has 236 valence electrons. The van der Waals surface area contributed by atoms with Crippen molar-refractivity contribution >= 4 is 10.8 Å². The van der Waals surface area contributed by atoms with Gasteiger partial charge in [-0.15, -0.1) is 0 Å². The summed E-state index contributed by atoms with van der Waals surface area (Å²) < 4.78 is 0. The zero-order chi connectivity index (χ0) is 33.4. The molecule has 50 heavy (non-hydrogen) atoms. The second-order valence-electron chi connectivity index (χ2n) is 14.4. The molecule has 0 saturated carbocycles. The molecule has 1 atom stereocenters. The zero-order valence-electron chi connectivity index (χ0n) is 28.3. The molecule has 0 saturated heterocycles. The van der Waals surface area contributed by atoms with Crippen LogP contribution in [0.5, 0.6) is 0 Å². The highest BCUT2D eigenvalue weighted by Crippen LogP contribution is 2.61. The predicted octanol–water partition coefficient (Wildman–Crippen LogP) is 13.3. The maximum absolute atomic E-state index is 2.41. The van der Waals surface area contributed by atoms with E-state index in [0.717, 1.165) is 0 Å². The largest absolute Gasteiger partial charge is 0.0622 e. The van der Waals surface area contributed by atoms with Gasteiger partial charge in [0.15, 0.2) is 0 Å². The quantitative estimate of drug-likeness (QED) is 0.180. The lowest BCUT2D eigenvalue weighted by Crippen LogP contribution is -2.16. The summed E-state index contributed by atoms with van der Waals surface area (Å²) in [5.41, 5.74) is 19.9. The average Bonchev–Trinajstić information content (AvgIpc) is 3.65. The van der Waals surface area contributed by atoms with Gasteiger partial charge in [-0.2, -0.15) is 0 Å². The van der Waals surface area contributed by atoms with Gasteiger partial charge in [0.2, 0.25) is 0 Å². The Morgan fingerprint density at radius 1 is 0.400 bits per heavy atom. The molecule has 0 spiro atoms. The van der Waals surface area contributed by atoms with Gasteiger partial charge in [0.25, 0.3) is 0 Å². The van der Waals surface area contributed by atoms with Gasteiger partial charge in [-0.3, -0.25) is 0 Å². The minimum absolute atomic E-state index is 0.0812. The van der Waals surface area contributed by atoms with Gasteiger partial charge in [-0.25, -0.2) is 0 Å². The summed E-state index contributed by atoms with van der Waals surface area (Å²) in [5, 5.41) is 2.75. The minimum Gasteiger partial charge on any atom is -0.0622 e. The van der Waals surface area contributed by atoms with Gasteiger partial charge >= 0.3 is 0 Å². The van der Waals surface area contributed by atoms with Crippen molar-refractivity contribution in [3.05, 3.63) is 204 Å². The third kappa shape index (κ3) is 4.25. The maximum Gasteiger partial charge on any atom is 0.0358 e. The van der Waals surface area contributed by atoms with Crippen LogP contribution < -0.4 is 0 Å². The monoisotopic (exact) mass is 636 g/mol. The van der Waals surface area contributed by atoms with E-state index in [0.29, 0.717) is 0 Å². The molecule has 0 heteroatoms. The first-order valence-corrected chi connectivity index (χ1v) is 17.7. The van der Waals surface area contributed by atoms with Gasteiger partial charge in [-0.1, -0.05) is 172 Å². The Balaban J connectivity index is 1.16. The molecule has 0 aromatic heterocycles. The highest BCUT2D eigenvalue weighted by Gasteiger charge is 2.43. The fraction of sp³-hybridized carbons (Fsp3) is 0.0800. The van der Waals surface area contributed by atoms with Crippen molar-refractivity contribution < 1.29 is 0 Å². The Bertz CT molecular complexity index is 2530. The Morgan fingerprint density at radius 3 is 1.54 bits per heavy atom. The van der Waals surface area contributed by atoms with Crippen LogP contribution in [-0.4, -0.2) is 0 Å². The summed E-state index contributed by atoms with van der Waals surface area (Å²) >= 11 is 0. The lowest BCUT2D eigenvalue weighted by Gasteiger charge is -2.25. The fourth-order valence-electron chi connectivity index (χ4n) is 9.08. The molecule has 0 radical (unpaired) electrons. The van der Waals surface area contributed by atoms with Crippen molar-refractivity contribution in [2.75, 3.05) is 0 Å². The Kier molecular flexibility index (Phi) is 6.39. The summed E-state index contributed by atoms with van der Waals surface area (Å²) in [4.78, 5) is 0. The molecule has 0 bridgehead atoms. The lowest BCUT2D eigenvalue weighted by atomic mass is 9.77. The van der Waals surface area contributed by atoms with E-state index in [1.807, 2.05) is 0 Å². The number of hydrogen-bond acceptors (Lipinski definition) is 0. The normalized spacial score (nSPS) is 15.0. The van der Waals surface area contributed by atoms with Gasteiger partial charge in [-0.05, 0) is 112 Å². The molecule has 10 rings (SSSR count). The van der Waals surface area contributed by atoms with Crippen LogP contribution in [0.2, 0.25) is 0 Å². The topological polar surface area (TPSA) is 0 Å². The van der Waals surface area contributed by atoms with Gasteiger partial charge < -0.3 is 0 Å². The van der Waals surface area contributed by atoms with Crippen LogP contribution in [0.1, 0.15) is 47.6 Å². The molecule has 2 aliphatic carbocycles. The summed E-state index contributed by atoms with van der Waals surface area (Å²) in [6.45, 7) is 4.81. The minimum atomic E-state index is -0.0812.